The minimum atomic E-state index is -0.331. The number of ketones is 1. The Kier molecular flexibility index (Phi) is 3.46. The van der Waals surface area contributed by atoms with E-state index >= 15 is 0 Å². The minimum absolute atomic E-state index is 0.0221. The normalized spacial score (nSPS) is 32.5. The van der Waals surface area contributed by atoms with Gasteiger partial charge in [0.15, 0.2) is 5.78 Å². The maximum atomic E-state index is 12.6. The Bertz CT molecular complexity index is 505. The summed E-state index contributed by atoms with van der Waals surface area (Å²) < 4.78 is 5.93. The van der Waals surface area contributed by atoms with Crippen molar-refractivity contribution in [1.29, 1.82) is 0 Å². The molecule has 3 heteroatoms. The second kappa shape index (κ2) is 4.88. The maximum absolute atomic E-state index is 12.6. The van der Waals surface area contributed by atoms with Crippen LogP contribution < -0.4 is 0 Å². The molecule has 1 saturated heterocycles. The molecule has 3 atom stereocenters. The van der Waals surface area contributed by atoms with Crippen molar-refractivity contribution in [1.82, 2.24) is 0 Å². The lowest BCUT2D eigenvalue weighted by atomic mass is 9.78. The van der Waals surface area contributed by atoms with Crippen LogP contribution in [0.5, 0.6) is 0 Å². The molecule has 0 N–H and O–H groups in total. The molecule has 2 fully saturated rings. The Balaban J connectivity index is 1.86. The lowest BCUT2D eigenvalue weighted by Crippen LogP contribution is -2.65. The fourth-order valence-corrected chi connectivity index (χ4v) is 4.77. The van der Waals surface area contributed by atoms with Crippen molar-refractivity contribution in [2.24, 2.45) is 5.41 Å². The number of carbonyl (C=O) groups is 1. The molecule has 0 radical (unpaired) electrons. The van der Waals surface area contributed by atoms with E-state index in [-0.39, 0.29) is 28.2 Å². The van der Waals surface area contributed by atoms with Gasteiger partial charge >= 0.3 is 0 Å². The second-order valence-corrected chi connectivity index (χ2v) is 8.32. The van der Waals surface area contributed by atoms with E-state index in [2.05, 4.69) is 24.3 Å². The summed E-state index contributed by atoms with van der Waals surface area (Å²) in [5.41, 5.74) is -0.331. The van der Waals surface area contributed by atoms with Crippen LogP contribution in [-0.2, 0) is 9.53 Å². The van der Waals surface area contributed by atoms with Crippen LogP contribution in [0.1, 0.15) is 40.0 Å². The van der Waals surface area contributed by atoms with Crippen LogP contribution in [0.4, 0.5) is 0 Å². The molecule has 1 aliphatic carbocycles. The highest BCUT2D eigenvalue weighted by Crippen LogP contribution is 2.57. The second-order valence-electron chi connectivity index (χ2n) is 6.88. The van der Waals surface area contributed by atoms with E-state index in [0.717, 1.165) is 12.8 Å². The molecule has 1 aliphatic heterocycles. The number of Topliss-reactive ketones (excluding diaryl/α,β-unsaturated/α-hetero) is 1. The predicted molar refractivity (Wildman–Crippen MR) is 82.0 cm³/mol. The van der Waals surface area contributed by atoms with Gasteiger partial charge in [-0.3, -0.25) is 4.79 Å². The van der Waals surface area contributed by atoms with Crippen molar-refractivity contribution < 1.29 is 9.53 Å². The monoisotopic (exact) mass is 290 g/mol. The number of benzene rings is 1. The quantitative estimate of drug-likeness (QED) is 0.839. The van der Waals surface area contributed by atoms with Crippen LogP contribution >= 0.6 is 11.8 Å². The topological polar surface area (TPSA) is 26.3 Å². The fraction of sp³-hybridized carbons (Fsp3) is 0.588. The molecule has 3 rings (SSSR count). The predicted octanol–water partition coefficient (Wildman–Crippen LogP) is 4.08. The van der Waals surface area contributed by atoms with Crippen LogP contribution in [0.3, 0.4) is 0 Å². The molecule has 0 unspecified atom stereocenters. The molecule has 2 aliphatic rings. The lowest BCUT2D eigenvalue weighted by Gasteiger charge is -2.52. The highest BCUT2D eigenvalue weighted by atomic mass is 32.2. The summed E-state index contributed by atoms with van der Waals surface area (Å²) in [6.07, 6.45) is 3.36. The first-order valence-electron chi connectivity index (χ1n) is 7.37. The number of hydrogen-bond donors (Lipinski definition) is 0. The molecular weight excluding hydrogens is 268 g/mol. The molecule has 20 heavy (non-hydrogen) atoms. The SMILES string of the molecule is CC(C)(C)C(=O)[C@@H]1O[C@H]2CCC[C@]21Sc1ccccc1. The van der Waals surface area contributed by atoms with E-state index < -0.39 is 0 Å². The number of fused-ring (bicyclic) bond motifs is 1. The zero-order chi connectivity index (χ0) is 14.4. The highest BCUT2D eigenvalue weighted by molar-refractivity contribution is 8.01. The fourth-order valence-electron chi connectivity index (χ4n) is 3.21. The average molecular weight is 290 g/mol. The first-order chi connectivity index (χ1) is 9.43. The standard InChI is InChI=1S/C17H22O2S/c1-16(2,3)14(18)15-17(11-7-10-13(17)19-15)20-12-8-5-4-6-9-12/h4-6,8-9,13,15H,7,10-11H2,1-3H3/t13-,15-,17-/m0/s1. The first-order valence-corrected chi connectivity index (χ1v) is 8.19. The van der Waals surface area contributed by atoms with E-state index in [1.54, 1.807) is 0 Å². The Labute approximate surface area is 125 Å². The molecule has 0 amide bonds. The highest BCUT2D eigenvalue weighted by Gasteiger charge is 2.63. The van der Waals surface area contributed by atoms with Crippen molar-refractivity contribution in [3.8, 4) is 0 Å². The van der Waals surface area contributed by atoms with Gasteiger partial charge in [-0.15, -0.1) is 11.8 Å². The Morgan fingerprint density at radius 1 is 1.30 bits per heavy atom. The van der Waals surface area contributed by atoms with E-state index in [1.807, 2.05) is 38.6 Å². The number of hydrogen-bond acceptors (Lipinski definition) is 3. The summed E-state index contributed by atoms with van der Waals surface area (Å²) in [6, 6.07) is 10.4. The molecule has 108 valence electrons. The number of carbonyl (C=O) groups excluding carboxylic acids is 1. The average Bonchev–Trinajstić information content (AvgIpc) is 2.68. The van der Waals surface area contributed by atoms with Gasteiger partial charge in [0, 0.05) is 10.3 Å². The third-order valence-electron chi connectivity index (χ3n) is 4.35. The van der Waals surface area contributed by atoms with Crippen LogP contribution in [0.2, 0.25) is 0 Å². The van der Waals surface area contributed by atoms with Gasteiger partial charge in [-0.1, -0.05) is 39.0 Å². The maximum Gasteiger partial charge on any atom is 0.168 e. The van der Waals surface area contributed by atoms with Gasteiger partial charge in [-0.05, 0) is 31.4 Å². The lowest BCUT2D eigenvalue weighted by molar-refractivity contribution is -0.176. The van der Waals surface area contributed by atoms with Crippen molar-refractivity contribution in [2.45, 2.75) is 61.9 Å². The van der Waals surface area contributed by atoms with Crippen molar-refractivity contribution in [3.63, 3.8) is 0 Å². The van der Waals surface area contributed by atoms with E-state index in [1.165, 1.54) is 11.3 Å². The summed E-state index contributed by atoms with van der Waals surface area (Å²) in [5, 5.41) is 0. The van der Waals surface area contributed by atoms with E-state index in [0.29, 0.717) is 0 Å². The molecule has 2 nitrogen and oxygen atoms in total. The van der Waals surface area contributed by atoms with Gasteiger partial charge in [0.1, 0.15) is 6.10 Å². The smallest absolute Gasteiger partial charge is 0.168 e. The van der Waals surface area contributed by atoms with Crippen LogP contribution in [0.15, 0.2) is 35.2 Å². The third-order valence-corrected chi connectivity index (χ3v) is 5.92. The van der Waals surface area contributed by atoms with Gasteiger partial charge in [0.2, 0.25) is 0 Å². The molecule has 1 heterocycles. The zero-order valence-electron chi connectivity index (χ0n) is 12.4. The molecule has 0 aromatic heterocycles. The molecule has 1 saturated carbocycles. The van der Waals surface area contributed by atoms with E-state index in [4.69, 9.17) is 4.74 Å². The van der Waals surface area contributed by atoms with Gasteiger partial charge in [0.25, 0.3) is 0 Å². The Morgan fingerprint density at radius 2 is 2.00 bits per heavy atom. The third kappa shape index (κ3) is 2.21. The molecule has 1 aromatic carbocycles. The molecule has 0 bridgehead atoms. The number of rotatable bonds is 3. The van der Waals surface area contributed by atoms with Gasteiger partial charge in [0.05, 0.1) is 10.9 Å². The van der Waals surface area contributed by atoms with Gasteiger partial charge in [-0.25, -0.2) is 0 Å². The summed E-state index contributed by atoms with van der Waals surface area (Å²) in [5.74, 6) is 0.249. The Hall–Kier alpha value is -0.800. The van der Waals surface area contributed by atoms with Gasteiger partial charge < -0.3 is 4.74 Å². The van der Waals surface area contributed by atoms with Crippen molar-refractivity contribution in [3.05, 3.63) is 30.3 Å². The zero-order valence-corrected chi connectivity index (χ0v) is 13.2. The summed E-state index contributed by atoms with van der Waals surface area (Å²) in [6.45, 7) is 5.96. The van der Waals surface area contributed by atoms with Crippen LogP contribution in [0, 0.1) is 5.41 Å². The summed E-state index contributed by atoms with van der Waals surface area (Å²) in [7, 11) is 0. The largest absolute Gasteiger partial charge is 0.364 e. The van der Waals surface area contributed by atoms with Gasteiger partial charge in [-0.2, -0.15) is 0 Å². The van der Waals surface area contributed by atoms with Crippen molar-refractivity contribution >= 4 is 17.5 Å². The molecular formula is C17H22O2S. The summed E-state index contributed by atoms with van der Waals surface area (Å²) in [4.78, 5) is 13.9. The van der Waals surface area contributed by atoms with E-state index in [9.17, 15) is 4.79 Å². The van der Waals surface area contributed by atoms with Crippen molar-refractivity contribution in [2.75, 3.05) is 0 Å². The Morgan fingerprint density at radius 3 is 2.60 bits per heavy atom. The van der Waals surface area contributed by atoms with Crippen LogP contribution in [0.25, 0.3) is 0 Å². The molecule has 1 aromatic rings. The minimum Gasteiger partial charge on any atom is -0.364 e. The first kappa shape index (κ1) is 14.2. The number of thioether (sulfide) groups is 1. The van der Waals surface area contributed by atoms with Crippen LogP contribution in [-0.4, -0.2) is 22.7 Å². The summed E-state index contributed by atoms with van der Waals surface area (Å²) >= 11 is 1.86. The molecule has 0 spiro atoms. The number of ether oxygens (including phenoxy) is 1.